The van der Waals surface area contributed by atoms with Crippen molar-refractivity contribution in [3.05, 3.63) is 47.7 Å². The van der Waals surface area contributed by atoms with Crippen LogP contribution in [-0.4, -0.2) is 10.2 Å². The van der Waals surface area contributed by atoms with Gasteiger partial charge in [0.1, 0.15) is 0 Å². The molecule has 2 rings (SSSR count). The van der Waals surface area contributed by atoms with Crippen LogP contribution in [0.4, 0.5) is 13.2 Å². The molecule has 0 aliphatic rings. The molecule has 0 amide bonds. The van der Waals surface area contributed by atoms with Crippen molar-refractivity contribution in [2.75, 3.05) is 0 Å². The van der Waals surface area contributed by atoms with E-state index in [1.54, 1.807) is 18.2 Å². The molecule has 1 N–H and O–H groups in total. The highest BCUT2D eigenvalue weighted by atomic mass is 19.4. The molecule has 0 saturated heterocycles. The first-order valence-electron chi connectivity index (χ1n) is 8.38. The zero-order valence-corrected chi connectivity index (χ0v) is 14.2. The molecule has 0 unspecified atom stereocenters. The summed E-state index contributed by atoms with van der Waals surface area (Å²) in [6, 6.07) is 6.74. The van der Waals surface area contributed by atoms with Gasteiger partial charge in [0, 0.05) is 12.0 Å². The number of halogens is 3. The van der Waals surface area contributed by atoms with Crippen molar-refractivity contribution in [2.45, 2.75) is 45.2 Å². The molecule has 2 nitrogen and oxygen atoms in total. The summed E-state index contributed by atoms with van der Waals surface area (Å²) >= 11 is 0. The third-order valence-electron chi connectivity index (χ3n) is 3.71. The Balaban J connectivity index is 1.92. The zero-order valence-electron chi connectivity index (χ0n) is 14.2. The van der Waals surface area contributed by atoms with Crippen molar-refractivity contribution in [1.82, 2.24) is 10.2 Å². The minimum Gasteiger partial charge on any atom is -0.278 e. The van der Waals surface area contributed by atoms with E-state index in [-0.39, 0.29) is 0 Å². The van der Waals surface area contributed by atoms with E-state index in [0.717, 1.165) is 30.7 Å². The molecule has 132 valence electrons. The molecule has 0 aliphatic heterocycles. The highest BCUT2D eigenvalue weighted by molar-refractivity contribution is 5.63. The van der Waals surface area contributed by atoms with Crippen molar-refractivity contribution >= 4 is 6.08 Å². The third-order valence-corrected chi connectivity index (χ3v) is 3.71. The smallest absolute Gasteiger partial charge is 0.278 e. The normalized spacial score (nSPS) is 11.5. The molecule has 0 atom stereocenters. The number of nitrogens with zero attached hydrogens (tertiary/aromatic N) is 1. The fourth-order valence-electron chi connectivity index (χ4n) is 2.30. The van der Waals surface area contributed by atoms with E-state index < -0.39 is 11.7 Å². The Morgan fingerprint density at radius 2 is 1.88 bits per heavy atom. The van der Waals surface area contributed by atoms with Crippen LogP contribution >= 0.6 is 0 Å². The molecule has 2 aromatic rings. The Hall–Kier alpha value is -2.48. The lowest BCUT2D eigenvalue weighted by molar-refractivity contribution is -0.137. The second-order valence-corrected chi connectivity index (χ2v) is 5.75. The van der Waals surface area contributed by atoms with E-state index in [0.29, 0.717) is 11.3 Å². The van der Waals surface area contributed by atoms with Gasteiger partial charge in [-0.25, -0.2) is 0 Å². The number of alkyl halides is 3. The number of unbranched alkanes of at least 4 members (excludes halogenated alkanes) is 4. The van der Waals surface area contributed by atoms with Gasteiger partial charge >= 0.3 is 6.18 Å². The predicted octanol–water partition coefficient (Wildman–Crippen LogP) is 6.08. The van der Waals surface area contributed by atoms with Crippen LogP contribution in [0.15, 0.2) is 36.4 Å². The summed E-state index contributed by atoms with van der Waals surface area (Å²) in [7, 11) is 0. The van der Waals surface area contributed by atoms with Crippen molar-refractivity contribution in [3.8, 4) is 23.1 Å². The molecule has 1 aromatic heterocycles. The summed E-state index contributed by atoms with van der Waals surface area (Å²) in [5.41, 5.74) is 1.32. The second kappa shape index (κ2) is 9.12. The lowest BCUT2D eigenvalue weighted by atomic mass is 10.1. The van der Waals surface area contributed by atoms with Crippen molar-refractivity contribution in [3.63, 3.8) is 0 Å². The number of nitrogens with one attached hydrogen (secondary N) is 1. The molecule has 0 bridgehead atoms. The first-order valence-corrected chi connectivity index (χ1v) is 8.38. The van der Waals surface area contributed by atoms with E-state index in [9.17, 15) is 13.2 Å². The van der Waals surface area contributed by atoms with Crippen molar-refractivity contribution < 1.29 is 13.2 Å². The Labute approximate surface area is 146 Å². The monoisotopic (exact) mass is 346 g/mol. The van der Waals surface area contributed by atoms with E-state index in [2.05, 4.69) is 29.0 Å². The third kappa shape index (κ3) is 6.15. The first kappa shape index (κ1) is 18.9. The van der Waals surface area contributed by atoms with Gasteiger partial charge in [-0.15, -0.1) is 0 Å². The average Bonchev–Trinajstić information content (AvgIpc) is 3.05. The number of hydrogen-bond acceptors (Lipinski definition) is 1. The lowest BCUT2D eigenvalue weighted by Crippen LogP contribution is -2.03. The van der Waals surface area contributed by atoms with Gasteiger partial charge in [0.25, 0.3) is 0 Å². The summed E-state index contributed by atoms with van der Waals surface area (Å²) in [5.74, 6) is 6.08. The van der Waals surface area contributed by atoms with E-state index >= 15 is 0 Å². The van der Waals surface area contributed by atoms with Gasteiger partial charge in [0.2, 0.25) is 0 Å². The van der Waals surface area contributed by atoms with Gasteiger partial charge in [-0.05, 0) is 36.8 Å². The largest absolute Gasteiger partial charge is 0.416 e. The first-order chi connectivity index (χ1) is 12.0. The maximum atomic E-state index is 12.6. The molecule has 0 radical (unpaired) electrons. The topological polar surface area (TPSA) is 28.7 Å². The van der Waals surface area contributed by atoms with E-state index in [4.69, 9.17) is 0 Å². The molecule has 1 heterocycles. The van der Waals surface area contributed by atoms with Gasteiger partial charge in [0.05, 0.1) is 17.0 Å². The standard InChI is InChI=1S/C20H21F3N2/c1-2-3-4-5-6-7-8-9-10-18-15-19(25-24-18)16-11-13-17(14-12-16)20(21,22)23/h9-15H,2-6H2,1H3,(H,24,25)/b10-9-. The van der Waals surface area contributed by atoms with Crippen LogP contribution in [0.25, 0.3) is 17.3 Å². The summed E-state index contributed by atoms with van der Waals surface area (Å²) in [6.45, 7) is 2.18. The lowest BCUT2D eigenvalue weighted by Gasteiger charge is -2.06. The number of hydrogen-bond donors (Lipinski definition) is 1. The van der Waals surface area contributed by atoms with Crippen LogP contribution in [0.2, 0.25) is 0 Å². The molecule has 0 saturated carbocycles. The Kier molecular flexibility index (Phi) is 6.88. The van der Waals surface area contributed by atoms with Crippen LogP contribution in [0.3, 0.4) is 0 Å². The molecule has 0 spiro atoms. The maximum Gasteiger partial charge on any atom is 0.416 e. The number of benzene rings is 1. The number of aromatic amines is 1. The van der Waals surface area contributed by atoms with Gasteiger partial charge < -0.3 is 0 Å². The maximum absolute atomic E-state index is 12.6. The molecule has 5 heteroatoms. The number of rotatable bonds is 6. The number of allylic oxidation sites excluding steroid dienone is 1. The quantitative estimate of drug-likeness (QED) is 0.498. The average molecular weight is 346 g/mol. The van der Waals surface area contributed by atoms with E-state index in [1.165, 1.54) is 31.4 Å². The van der Waals surface area contributed by atoms with Crippen molar-refractivity contribution in [2.24, 2.45) is 0 Å². The van der Waals surface area contributed by atoms with Gasteiger partial charge in [0.15, 0.2) is 0 Å². The Bertz CT molecular complexity index is 744. The molecule has 0 aliphatic carbocycles. The van der Waals surface area contributed by atoms with Gasteiger partial charge in [-0.1, -0.05) is 50.2 Å². The molecular weight excluding hydrogens is 325 g/mol. The number of aromatic nitrogens is 2. The summed E-state index contributed by atoms with van der Waals surface area (Å²) in [6.07, 6.45) is 4.93. The number of H-pyrrole nitrogens is 1. The molecule has 25 heavy (non-hydrogen) atoms. The summed E-state index contributed by atoms with van der Waals surface area (Å²) < 4.78 is 37.7. The van der Waals surface area contributed by atoms with Crippen LogP contribution < -0.4 is 0 Å². The van der Waals surface area contributed by atoms with Crippen LogP contribution in [0.5, 0.6) is 0 Å². The van der Waals surface area contributed by atoms with E-state index in [1.807, 2.05) is 0 Å². The van der Waals surface area contributed by atoms with Crippen LogP contribution in [-0.2, 0) is 6.18 Å². The second-order valence-electron chi connectivity index (χ2n) is 5.75. The Morgan fingerprint density at radius 1 is 1.12 bits per heavy atom. The summed E-state index contributed by atoms with van der Waals surface area (Å²) in [4.78, 5) is 0. The Morgan fingerprint density at radius 3 is 2.56 bits per heavy atom. The molecule has 1 aromatic carbocycles. The van der Waals surface area contributed by atoms with Crippen LogP contribution in [0.1, 0.15) is 50.3 Å². The van der Waals surface area contributed by atoms with Gasteiger partial charge in [-0.2, -0.15) is 18.3 Å². The van der Waals surface area contributed by atoms with Crippen molar-refractivity contribution in [1.29, 1.82) is 0 Å². The highest BCUT2D eigenvalue weighted by Gasteiger charge is 2.30. The fraction of sp³-hybridized carbons (Fsp3) is 0.350. The predicted molar refractivity (Wildman–Crippen MR) is 94.6 cm³/mol. The minimum atomic E-state index is -4.33. The van der Waals surface area contributed by atoms with Crippen LogP contribution in [0, 0.1) is 11.8 Å². The zero-order chi connectivity index (χ0) is 18.1. The van der Waals surface area contributed by atoms with Gasteiger partial charge in [-0.3, -0.25) is 5.10 Å². The SMILES string of the molecule is CCCCCCC#C/C=C\c1cc(-c2ccc(C(F)(F)F)cc2)n[nH]1. The molecule has 0 fully saturated rings. The fourth-order valence-corrected chi connectivity index (χ4v) is 2.30. The summed E-state index contributed by atoms with van der Waals surface area (Å²) in [5, 5.41) is 6.96. The molecular formula is C20H21F3N2. The minimum absolute atomic E-state index is 0.598. The highest BCUT2D eigenvalue weighted by Crippen LogP contribution is 2.30.